The predicted octanol–water partition coefficient (Wildman–Crippen LogP) is 2.32. The number of likely N-dealkylation sites (N-methyl/N-ethyl adjacent to an activating group) is 1. The monoisotopic (exact) mass is 428 g/mol. The molecule has 2 heterocycles. The standard InChI is InChI=1S/C21H25ClN6O2/c1-14(23)15-6-3-4-7-16(15)24-12-20(29)28-11-10-27(2)13-17(28)21(30)26-19-9-5-8-18(22)25-19/h3-9,17,23-24H,10-13H2,1-2H3,(H,25,26,30). The molecule has 1 aromatic carbocycles. The lowest BCUT2D eigenvalue weighted by molar-refractivity contribution is -0.140. The minimum Gasteiger partial charge on any atom is -0.376 e. The largest absolute Gasteiger partial charge is 0.376 e. The maximum Gasteiger partial charge on any atom is 0.249 e. The Hall–Kier alpha value is -2.97. The van der Waals surface area contributed by atoms with Crippen molar-refractivity contribution in [3.8, 4) is 0 Å². The van der Waals surface area contributed by atoms with Gasteiger partial charge >= 0.3 is 0 Å². The second-order valence-electron chi connectivity index (χ2n) is 7.22. The zero-order valence-electron chi connectivity index (χ0n) is 17.0. The summed E-state index contributed by atoms with van der Waals surface area (Å²) < 4.78 is 0. The summed E-state index contributed by atoms with van der Waals surface area (Å²) in [6.07, 6.45) is 0. The number of benzene rings is 1. The number of carbonyl (C=O) groups is 2. The molecule has 1 aromatic heterocycles. The van der Waals surface area contributed by atoms with Crippen molar-refractivity contribution in [2.75, 3.05) is 43.9 Å². The normalized spacial score (nSPS) is 16.8. The molecule has 1 unspecified atom stereocenters. The molecule has 0 bridgehead atoms. The SMILES string of the molecule is CC(=N)c1ccccc1NCC(=O)N1CCN(C)CC1C(=O)Nc1cccc(Cl)n1. The quantitative estimate of drug-likeness (QED) is 0.484. The fourth-order valence-electron chi connectivity index (χ4n) is 3.37. The van der Waals surface area contributed by atoms with Gasteiger partial charge in [-0.3, -0.25) is 9.59 Å². The minimum atomic E-state index is -0.640. The molecule has 0 spiro atoms. The molecule has 0 saturated carbocycles. The number of piperazine rings is 1. The Kier molecular flexibility index (Phi) is 7.02. The van der Waals surface area contributed by atoms with Crippen LogP contribution in [0.4, 0.5) is 11.5 Å². The molecular formula is C21H25ClN6O2. The molecule has 2 amide bonds. The molecule has 0 radical (unpaired) electrons. The van der Waals surface area contributed by atoms with Crippen molar-refractivity contribution in [1.29, 1.82) is 5.41 Å². The second kappa shape index (κ2) is 9.69. The van der Waals surface area contributed by atoms with Gasteiger partial charge in [0.15, 0.2) is 0 Å². The van der Waals surface area contributed by atoms with Gasteiger partial charge in [0.05, 0.1) is 6.54 Å². The van der Waals surface area contributed by atoms with E-state index < -0.39 is 6.04 Å². The van der Waals surface area contributed by atoms with Gasteiger partial charge in [0.1, 0.15) is 17.0 Å². The van der Waals surface area contributed by atoms with Gasteiger partial charge < -0.3 is 25.8 Å². The minimum absolute atomic E-state index is 0.0349. The number of nitrogens with zero attached hydrogens (tertiary/aromatic N) is 3. The third kappa shape index (κ3) is 5.34. The molecule has 9 heteroatoms. The Labute approximate surface area is 180 Å². The first-order valence-corrected chi connectivity index (χ1v) is 10.0. The average Bonchev–Trinajstić information content (AvgIpc) is 2.72. The average molecular weight is 429 g/mol. The van der Waals surface area contributed by atoms with E-state index in [4.69, 9.17) is 17.0 Å². The maximum absolute atomic E-state index is 13.0. The number of rotatable bonds is 6. The number of hydrogen-bond acceptors (Lipinski definition) is 6. The molecule has 2 aromatic rings. The second-order valence-corrected chi connectivity index (χ2v) is 7.61. The Balaban J connectivity index is 1.70. The van der Waals surface area contributed by atoms with E-state index in [2.05, 4.69) is 15.6 Å². The Bertz CT molecular complexity index is 951. The van der Waals surface area contributed by atoms with Gasteiger partial charge in [0, 0.05) is 36.6 Å². The predicted molar refractivity (Wildman–Crippen MR) is 118 cm³/mol. The lowest BCUT2D eigenvalue weighted by Crippen LogP contribution is -2.59. The van der Waals surface area contributed by atoms with Crippen molar-refractivity contribution >= 4 is 40.6 Å². The number of nitrogens with one attached hydrogen (secondary N) is 3. The number of para-hydroxylation sites is 1. The van der Waals surface area contributed by atoms with Crippen molar-refractivity contribution in [2.24, 2.45) is 0 Å². The lowest BCUT2D eigenvalue weighted by Gasteiger charge is -2.39. The van der Waals surface area contributed by atoms with Crippen LogP contribution in [0.15, 0.2) is 42.5 Å². The van der Waals surface area contributed by atoms with Crippen LogP contribution in [0.3, 0.4) is 0 Å². The van der Waals surface area contributed by atoms with E-state index in [1.165, 1.54) is 0 Å². The van der Waals surface area contributed by atoms with Crippen molar-refractivity contribution in [3.05, 3.63) is 53.2 Å². The summed E-state index contributed by atoms with van der Waals surface area (Å²) in [5.74, 6) is -0.137. The highest BCUT2D eigenvalue weighted by Crippen LogP contribution is 2.17. The molecule has 1 fully saturated rings. The van der Waals surface area contributed by atoms with Gasteiger partial charge in [-0.25, -0.2) is 4.98 Å². The van der Waals surface area contributed by atoms with E-state index in [0.29, 0.717) is 31.2 Å². The molecule has 1 aliphatic heterocycles. The summed E-state index contributed by atoms with van der Waals surface area (Å²) in [4.78, 5) is 33.5. The van der Waals surface area contributed by atoms with Gasteiger partial charge in [-0.2, -0.15) is 0 Å². The van der Waals surface area contributed by atoms with E-state index in [0.717, 1.165) is 11.3 Å². The van der Waals surface area contributed by atoms with Crippen LogP contribution in [0.25, 0.3) is 0 Å². The number of pyridine rings is 1. The Morgan fingerprint density at radius 1 is 1.20 bits per heavy atom. The van der Waals surface area contributed by atoms with Crippen LogP contribution < -0.4 is 10.6 Å². The van der Waals surface area contributed by atoms with Crippen molar-refractivity contribution in [2.45, 2.75) is 13.0 Å². The molecule has 3 N–H and O–H groups in total. The summed E-state index contributed by atoms with van der Waals surface area (Å²) in [7, 11) is 1.92. The molecular weight excluding hydrogens is 404 g/mol. The van der Waals surface area contributed by atoms with E-state index in [1.807, 2.05) is 36.2 Å². The highest BCUT2D eigenvalue weighted by atomic mass is 35.5. The number of anilines is 2. The van der Waals surface area contributed by atoms with Crippen molar-refractivity contribution in [3.63, 3.8) is 0 Å². The molecule has 158 valence electrons. The molecule has 1 aliphatic rings. The van der Waals surface area contributed by atoms with Crippen LogP contribution in [-0.2, 0) is 9.59 Å². The van der Waals surface area contributed by atoms with Crippen LogP contribution >= 0.6 is 11.6 Å². The summed E-state index contributed by atoms with van der Waals surface area (Å²) in [6.45, 7) is 3.29. The topological polar surface area (TPSA) is 101 Å². The van der Waals surface area contributed by atoms with Crippen LogP contribution in [0, 0.1) is 5.41 Å². The van der Waals surface area contributed by atoms with Crippen LogP contribution in [0.2, 0.25) is 5.15 Å². The van der Waals surface area contributed by atoms with Gasteiger partial charge in [-0.15, -0.1) is 0 Å². The van der Waals surface area contributed by atoms with E-state index >= 15 is 0 Å². The molecule has 1 saturated heterocycles. The Morgan fingerprint density at radius 3 is 2.70 bits per heavy atom. The molecule has 3 rings (SSSR count). The van der Waals surface area contributed by atoms with E-state index in [-0.39, 0.29) is 23.5 Å². The molecule has 30 heavy (non-hydrogen) atoms. The number of hydrogen-bond donors (Lipinski definition) is 3. The first-order valence-electron chi connectivity index (χ1n) is 9.65. The van der Waals surface area contributed by atoms with E-state index in [1.54, 1.807) is 30.0 Å². The third-order valence-electron chi connectivity index (χ3n) is 4.93. The van der Waals surface area contributed by atoms with Gasteiger partial charge in [0.25, 0.3) is 0 Å². The summed E-state index contributed by atoms with van der Waals surface area (Å²) >= 11 is 5.89. The highest BCUT2D eigenvalue weighted by Gasteiger charge is 2.34. The zero-order chi connectivity index (χ0) is 21.7. The summed E-state index contributed by atoms with van der Waals surface area (Å²) in [5, 5.41) is 14.0. The van der Waals surface area contributed by atoms with Gasteiger partial charge in [-0.1, -0.05) is 35.9 Å². The number of halogens is 1. The molecule has 1 atom stereocenters. The highest BCUT2D eigenvalue weighted by molar-refractivity contribution is 6.29. The van der Waals surface area contributed by atoms with Crippen molar-refractivity contribution in [1.82, 2.24) is 14.8 Å². The van der Waals surface area contributed by atoms with Crippen LogP contribution in [0.5, 0.6) is 0 Å². The van der Waals surface area contributed by atoms with Crippen molar-refractivity contribution < 1.29 is 9.59 Å². The fourth-order valence-corrected chi connectivity index (χ4v) is 3.53. The maximum atomic E-state index is 13.0. The zero-order valence-corrected chi connectivity index (χ0v) is 17.7. The number of amides is 2. The van der Waals surface area contributed by atoms with Crippen LogP contribution in [0.1, 0.15) is 12.5 Å². The third-order valence-corrected chi connectivity index (χ3v) is 5.14. The Morgan fingerprint density at radius 2 is 1.97 bits per heavy atom. The number of carbonyl (C=O) groups excluding carboxylic acids is 2. The number of aromatic nitrogens is 1. The first kappa shape index (κ1) is 21.7. The van der Waals surface area contributed by atoms with Gasteiger partial charge in [-0.05, 0) is 32.2 Å². The van der Waals surface area contributed by atoms with Gasteiger partial charge in [0.2, 0.25) is 11.8 Å². The van der Waals surface area contributed by atoms with E-state index in [9.17, 15) is 9.59 Å². The fraction of sp³-hybridized carbons (Fsp3) is 0.333. The summed E-state index contributed by atoms with van der Waals surface area (Å²) in [6, 6.07) is 11.7. The lowest BCUT2D eigenvalue weighted by atomic mass is 10.1. The first-order chi connectivity index (χ1) is 14.3. The molecule has 8 nitrogen and oxygen atoms in total. The van der Waals surface area contributed by atoms with Crippen LogP contribution in [-0.4, -0.2) is 71.6 Å². The summed E-state index contributed by atoms with van der Waals surface area (Å²) in [5.41, 5.74) is 1.87. The molecule has 0 aliphatic carbocycles. The smallest absolute Gasteiger partial charge is 0.249 e.